The van der Waals surface area contributed by atoms with Crippen LogP contribution in [0.5, 0.6) is 0 Å². The molecule has 0 spiro atoms. The lowest BCUT2D eigenvalue weighted by Gasteiger charge is -2.48. The van der Waals surface area contributed by atoms with Crippen LogP contribution in [0.2, 0.25) is 0 Å². The monoisotopic (exact) mass is 243 g/mol. The summed E-state index contributed by atoms with van der Waals surface area (Å²) in [5, 5.41) is 8.51. The summed E-state index contributed by atoms with van der Waals surface area (Å²) in [7, 11) is 1.91. The van der Waals surface area contributed by atoms with E-state index in [0.717, 1.165) is 12.8 Å². The molecule has 98 valence electrons. The molecule has 17 heavy (non-hydrogen) atoms. The van der Waals surface area contributed by atoms with Gasteiger partial charge in [0.15, 0.2) is 6.23 Å². The summed E-state index contributed by atoms with van der Waals surface area (Å²) < 4.78 is 5.20. The van der Waals surface area contributed by atoms with Gasteiger partial charge in [0, 0.05) is 5.54 Å². The highest BCUT2D eigenvalue weighted by molar-refractivity contribution is 5.90. The van der Waals surface area contributed by atoms with Gasteiger partial charge in [-0.1, -0.05) is 6.92 Å². The summed E-state index contributed by atoms with van der Waals surface area (Å²) in [4.78, 5) is 23.7. The third kappa shape index (κ3) is 3.19. The van der Waals surface area contributed by atoms with Gasteiger partial charge < -0.3 is 9.84 Å². The number of hydrogen-bond acceptors (Lipinski definition) is 4. The van der Waals surface area contributed by atoms with Crippen molar-refractivity contribution in [3.63, 3.8) is 0 Å². The van der Waals surface area contributed by atoms with Gasteiger partial charge in [-0.3, -0.25) is 14.5 Å². The second-order valence-electron chi connectivity index (χ2n) is 5.26. The predicted molar refractivity (Wildman–Crippen MR) is 62.4 cm³/mol. The highest BCUT2D eigenvalue weighted by atomic mass is 16.6. The Balaban J connectivity index is 2.61. The number of carbonyl (C=O) groups excluding carboxylic acids is 1. The number of esters is 1. The molecule has 1 fully saturated rings. The van der Waals surface area contributed by atoms with Gasteiger partial charge in [0.05, 0.1) is 0 Å². The molecule has 0 aliphatic carbocycles. The molecule has 1 rings (SSSR count). The van der Waals surface area contributed by atoms with Gasteiger partial charge in [-0.05, 0) is 39.7 Å². The zero-order valence-corrected chi connectivity index (χ0v) is 10.9. The van der Waals surface area contributed by atoms with Crippen molar-refractivity contribution in [2.45, 2.75) is 51.8 Å². The smallest absolute Gasteiger partial charge is 0.318 e. The minimum absolute atomic E-state index is 0.0492. The molecule has 0 aromatic rings. The van der Waals surface area contributed by atoms with E-state index in [9.17, 15) is 9.59 Å². The van der Waals surface area contributed by atoms with Crippen LogP contribution in [0, 0.1) is 5.92 Å². The second kappa shape index (κ2) is 5.04. The number of hydrogen-bond donors (Lipinski definition) is 1. The number of piperidine rings is 1. The molecule has 0 radical (unpaired) electrons. The molecular formula is C12H21NO4. The summed E-state index contributed by atoms with van der Waals surface area (Å²) in [6.07, 6.45) is 0.850. The van der Waals surface area contributed by atoms with Crippen molar-refractivity contribution in [3.05, 3.63) is 0 Å². The normalized spacial score (nSPS) is 28.7. The average Bonchev–Trinajstić information content (AvgIpc) is 2.19. The van der Waals surface area contributed by atoms with E-state index < -0.39 is 18.4 Å². The van der Waals surface area contributed by atoms with E-state index in [0.29, 0.717) is 5.92 Å². The Morgan fingerprint density at radius 1 is 1.41 bits per heavy atom. The molecule has 0 bridgehead atoms. The van der Waals surface area contributed by atoms with Crippen LogP contribution in [-0.2, 0) is 14.3 Å². The molecule has 5 nitrogen and oxygen atoms in total. The lowest BCUT2D eigenvalue weighted by molar-refractivity contribution is -0.175. The van der Waals surface area contributed by atoms with Gasteiger partial charge in [-0.25, -0.2) is 0 Å². The van der Waals surface area contributed by atoms with Crippen molar-refractivity contribution in [1.82, 2.24) is 4.90 Å². The first-order valence-corrected chi connectivity index (χ1v) is 5.89. The molecule has 2 atom stereocenters. The van der Waals surface area contributed by atoms with E-state index in [2.05, 4.69) is 20.8 Å². The predicted octanol–water partition coefficient (Wildman–Crippen LogP) is 1.47. The molecule has 1 saturated heterocycles. The summed E-state index contributed by atoms with van der Waals surface area (Å²) in [6, 6.07) is 0. The summed E-state index contributed by atoms with van der Waals surface area (Å²) in [5.41, 5.74) is -0.0492. The maximum atomic E-state index is 11.3. The van der Waals surface area contributed by atoms with Gasteiger partial charge in [-0.2, -0.15) is 0 Å². The Hall–Kier alpha value is -1.10. The van der Waals surface area contributed by atoms with Gasteiger partial charge in [0.2, 0.25) is 0 Å². The third-order valence-corrected chi connectivity index (χ3v) is 3.96. The number of ether oxygens (including phenoxy) is 1. The van der Waals surface area contributed by atoms with Gasteiger partial charge >= 0.3 is 11.9 Å². The number of likely N-dealkylation sites (tertiary alicyclic amines) is 1. The highest BCUT2D eigenvalue weighted by Gasteiger charge is 2.40. The van der Waals surface area contributed by atoms with Gasteiger partial charge in [0.1, 0.15) is 6.42 Å². The van der Waals surface area contributed by atoms with Crippen LogP contribution in [0.15, 0.2) is 0 Å². The summed E-state index contributed by atoms with van der Waals surface area (Å²) >= 11 is 0. The molecule has 1 aliphatic rings. The van der Waals surface area contributed by atoms with Gasteiger partial charge in [0.25, 0.3) is 0 Å². The largest absolute Gasteiger partial charge is 0.481 e. The second-order valence-corrected chi connectivity index (χ2v) is 5.26. The standard InChI is InChI=1S/C12H21NO4/c1-8-5-6-9(13(4)12(8,2)3)17-11(16)7-10(14)15/h8-9H,5-7H2,1-4H3,(H,14,15). The molecule has 1 N–H and O–H groups in total. The molecule has 0 aromatic heterocycles. The zero-order chi connectivity index (χ0) is 13.2. The van der Waals surface area contributed by atoms with E-state index in [4.69, 9.17) is 9.84 Å². The number of carboxylic acids is 1. The minimum Gasteiger partial charge on any atom is -0.481 e. The fourth-order valence-electron chi connectivity index (χ4n) is 2.11. The van der Waals surface area contributed by atoms with Crippen LogP contribution < -0.4 is 0 Å². The van der Waals surface area contributed by atoms with E-state index in [1.54, 1.807) is 0 Å². The number of nitrogens with zero attached hydrogens (tertiary/aromatic N) is 1. The Labute approximate surface area is 102 Å². The highest BCUT2D eigenvalue weighted by Crippen LogP contribution is 2.35. The lowest BCUT2D eigenvalue weighted by atomic mass is 9.80. The van der Waals surface area contributed by atoms with Crippen LogP contribution in [0.3, 0.4) is 0 Å². The Kier molecular flexibility index (Phi) is 4.14. The van der Waals surface area contributed by atoms with Crippen LogP contribution in [0.4, 0.5) is 0 Å². The van der Waals surface area contributed by atoms with Crippen LogP contribution >= 0.6 is 0 Å². The first-order chi connectivity index (χ1) is 7.75. The van der Waals surface area contributed by atoms with E-state index in [1.165, 1.54) is 0 Å². The Bertz CT molecular complexity index is 314. The topological polar surface area (TPSA) is 66.8 Å². The number of rotatable bonds is 3. The molecule has 1 heterocycles. The number of carbonyl (C=O) groups is 2. The van der Waals surface area contributed by atoms with Crippen molar-refractivity contribution in [2.75, 3.05) is 7.05 Å². The molecule has 0 amide bonds. The first-order valence-electron chi connectivity index (χ1n) is 5.89. The van der Waals surface area contributed by atoms with E-state index >= 15 is 0 Å². The van der Waals surface area contributed by atoms with E-state index in [1.807, 2.05) is 11.9 Å². The lowest BCUT2D eigenvalue weighted by Crippen LogP contribution is -2.56. The van der Waals surface area contributed by atoms with Crippen molar-refractivity contribution in [2.24, 2.45) is 5.92 Å². The molecule has 0 aromatic carbocycles. The van der Waals surface area contributed by atoms with Crippen molar-refractivity contribution >= 4 is 11.9 Å². The van der Waals surface area contributed by atoms with Crippen molar-refractivity contribution in [1.29, 1.82) is 0 Å². The van der Waals surface area contributed by atoms with Gasteiger partial charge in [-0.15, -0.1) is 0 Å². The van der Waals surface area contributed by atoms with Crippen molar-refractivity contribution in [3.8, 4) is 0 Å². The fraction of sp³-hybridized carbons (Fsp3) is 0.833. The first kappa shape index (κ1) is 14.0. The van der Waals surface area contributed by atoms with Crippen LogP contribution in [0.1, 0.15) is 40.0 Å². The third-order valence-electron chi connectivity index (χ3n) is 3.96. The molecule has 1 aliphatic heterocycles. The molecule has 2 unspecified atom stereocenters. The van der Waals surface area contributed by atoms with Crippen LogP contribution in [0.25, 0.3) is 0 Å². The number of carboxylic acid groups (broad SMARTS) is 1. The Morgan fingerprint density at radius 2 is 2.00 bits per heavy atom. The molecule has 5 heteroatoms. The maximum absolute atomic E-state index is 11.3. The zero-order valence-electron chi connectivity index (χ0n) is 10.9. The number of aliphatic carboxylic acids is 1. The van der Waals surface area contributed by atoms with Crippen molar-refractivity contribution < 1.29 is 19.4 Å². The average molecular weight is 243 g/mol. The van der Waals surface area contributed by atoms with Crippen LogP contribution in [-0.4, -0.2) is 40.8 Å². The quantitative estimate of drug-likeness (QED) is 0.600. The minimum atomic E-state index is -1.15. The SMILES string of the molecule is CC1CCC(OC(=O)CC(=O)O)N(C)C1(C)C. The maximum Gasteiger partial charge on any atom is 0.318 e. The summed E-state index contributed by atoms with van der Waals surface area (Å²) in [6.45, 7) is 6.38. The summed E-state index contributed by atoms with van der Waals surface area (Å²) in [5.74, 6) is -1.30. The molecule has 0 saturated carbocycles. The Morgan fingerprint density at radius 3 is 2.53 bits per heavy atom. The molecular weight excluding hydrogens is 222 g/mol. The van der Waals surface area contributed by atoms with E-state index in [-0.39, 0.29) is 11.8 Å². The fourth-order valence-corrected chi connectivity index (χ4v) is 2.11.